The molecule has 3 saturated carbocycles. The largest absolute Gasteiger partial charge is 0.458 e. The van der Waals surface area contributed by atoms with Crippen LogP contribution in [-0.2, 0) is 52.2 Å². The van der Waals surface area contributed by atoms with Gasteiger partial charge in [0.2, 0.25) is 0 Å². The molecule has 3 aliphatic heterocycles. The van der Waals surface area contributed by atoms with Crippen LogP contribution in [0.25, 0.3) is 6.08 Å². The Bertz CT molecular complexity index is 1900. The summed E-state index contributed by atoms with van der Waals surface area (Å²) in [6, 6.07) is 9.45. The number of esters is 1. The first-order valence-electron chi connectivity index (χ1n) is 23.8. The second-order valence-electron chi connectivity index (χ2n) is 20.4. The first kappa shape index (κ1) is 48.8. The number of aliphatic hydroxyl groups excluding tert-OH is 2. The van der Waals surface area contributed by atoms with Crippen LogP contribution >= 0.6 is 0 Å². The van der Waals surface area contributed by atoms with E-state index in [9.17, 15) is 30.0 Å². The molecule has 4 N–H and O–H groups in total. The molecule has 362 valence electrons. The molecule has 1 aromatic carbocycles. The molecule has 20 atom stereocenters. The SMILES string of the molecule is COC1CC(OC2C(O)CC(OC3C(C)OC(OC4CCC5(C)C(=CCC6(O)C5CC(OC(=O)C=Cc5ccccc5)C5(C)C(C(C)=O)CCC65O)C4)CC3OC)OC2C)OC(C)C1O. The Kier molecular flexibility index (Phi) is 14.3. The van der Waals surface area contributed by atoms with Crippen molar-refractivity contribution in [3.05, 3.63) is 53.6 Å². The van der Waals surface area contributed by atoms with Crippen LogP contribution in [0.5, 0.6) is 0 Å². The number of hydrogen-bond acceptors (Lipinski definition) is 15. The summed E-state index contributed by atoms with van der Waals surface area (Å²) in [7, 11) is 3.17. The number of Topliss-reactive ketones (excluding diaryl/α,β-unsaturated/α-hetero) is 1. The van der Waals surface area contributed by atoms with Crippen molar-refractivity contribution in [3.63, 3.8) is 0 Å². The smallest absolute Gasteiger partial charge is 0.331 e. The van der Waals surface area contributed by atoms with Crippen molar-refractivity contribution in [2.24, 2.45) is 22.7 Å². The molecule has 4 aliphatic carbocycles. The molecule has 0 radical (unpaired) electrons. The minimum absolute atomic E-state index is 0.0882. The van der Waals surface area contributed by atoms with E-state index in [0.29, 0.717) is 44.9 Å². The van der Waals surface area contributed by atoms with Gasteiger partial charge in [-0.2, -0.15) is 0 Å². The topological polar surface area (TPSA) is 198 Å². The van der Waals surface area contributed by atoms with Crippen molar-refractivity contribution in [3.8, 4) is 0 Å². The number of rotatable bonds is 12. The fourth-order valence-electron chi connectivity index (χ4n) is 13.2. The van der Waals surface area contributed by atoms with E-state index in [4.69, 9.17) is 42.6 Å². The first-order valence-corrected chi connectivity index (χ1v) is 23.8. The van der Waals surface area contributed by atoms with Crippen LogP contribution in [0.1, 0.15) is 111 Å². The number of carbonyl (C=O) groups is 2. The molecular weight excluding hydrogens is 841 g/mol. The third-order valence-corrected chi connectivity index (χ3v) is 16.9. The van der Waals surface area contributed by atoms with Crippen LogP contribution in [0.3, 0.4) is 0 Å². The van der Waals surface area contributed by atoms with Crippen molar-refractivity contribution in [1.29, 1.82) is 0 Å². The quantitative estimate of drug-likeness (QED) is 0.125. The molecular formula is C50H72O15. The minimum Gasteiger partial charge on any atom is -0.458 e. The zero-order valence-corrected chi connectivity index (χ0v) is 39.2. The van der Waals surface area contributed by atoms with Gasteiger partial charge in [-0.15, -0.1) is 0 Å². The minimum atomic E-state index is -1.68. The molecule has 6 fully saturated rings. The molecule has 65 heavy (non-hydrogen) atoms. The number of methoxy groups -OCH3 is 2. The molecule has 20 unspecified atom stereocenters. The first-order chi connectivity index (χ1) is 30.8. The van der Waals surface area contributed by atoms with Crippen molar-refractivity contribution in [1.82, 2.24) is 0 Å². The summed E-state index contributed by atoms with van der Waals surface area (Å²) in [6.45, 7) is 11.0. The molecule has 15 nitrogen and oxygen atoms in total. The van der Waals surface area contributed by atoms with Gasteiger partial charge in [-0.1, -0.05) is 55.8 Å². The fraction of sp³-hybridized carbons (Fsp3) is 0.760. The molecule has 0 aromatic heterocycles. The number of benzene rings is 1. The highest BCUT2D eigenvalue weighted by Gasteiger charge is 2.77. The highest BCUT2D eigenvalue weighted by atomic mass is 16.7. The van der Waals surface area contributed by atoms with Crippen molar-refractivity contribution < 1.29 is 72.6 Å². The predicted molar refractivity (Wildman–Crippen MR) is 235 cm³/mol. The Labute approximate surface area is 383 Å². The van der Waals surface area contributed by atoms with Crippen LogP contribution in [0.15, 0.2) is 48.1 Å². The van der Waals surface area contributed by atoms with E-state index in [-0.39, 0.29) is 31.1 Å². The second kappa shape index (κ2) is 19.0. The summed E-state index contributed by atoms with van der Waals surface area (Å²) >= 11 is 0. The van der Waals surface area contributed by atoms with E-state index in [1.807, 2.05) is 51.1 Å². The lowest BCUT2D eigenvalue weighted by molar-refractivity contribution is -0.337. The van der Waals surface area contributed by atoms with Crippen molar-refractivity contribution in [2.45, 2.75) is 203 Å². The van der Waals surface area contributed by atoms with E-state index in [1.54, 1.807) is 20.1 Å². The molecule has 8 rings (SSSR count). The van der Waals surface area contributed by atoms with Gasteiger partial charge < -0.3 is 63.1 Å². The normalized spacial score (nSPS) is 47.6. The number of hydrogen-bond donors (Lipinski definition) is 4. The molecule has 0 bridgehead atoms. The standard InChI is InChI=1S/C50H72O15/c1-27(51)34-18-21-50(56)48(34,6)39(63-40(53)15-14-31-12-10-9-11-13-31)26-38-47(5)19-17-33(22-32(47)16-20-49(38,50)55)62-42-25-37(58-8)46(30(4)61-42)65-41-23-35(52)45(29(3)60-41)64-43-24-36(57-7)44(54)28(2)59-43/h9-16,28-30,33-39,41-46,52,54-56H,17-26H2,1-8H3. The molecule has 3 heterocycles. The van der Waals surface area contributed by atoms with Gasteiger partial charge in [0.15, 0.2) is 18.9 Å². The van der Waals surface area contributed by atoms with Gasteiger partial charge in [0, 0.05) is 56.8 Å². The summed E-state index contributed by atoms with van der Waals surface area (Å²) in [5.41, 5.74) is -2.99. The van der Waals surface area contributed by atoms with Gasteiger partial charge in [0.05, 0.1) is 42.7 Å². The third-order valence-electron chi connectivity index (χ3n) is 16.9. The molecule has 0 spiro atoms. The van der Waals surface area contributed by atoms with Gasteiger partial charge in [0.1, 0.15) is 41.4 Å². The average Bonchev–Trinajstić information content (AvgIpc) is 3.57. The van der Waals surface area contributed by atoms with Gasteiger partial charge in [-0.3, -0.25) is 4.79 Å². The lowest BCUT2D eigenvalue weighted by atomic mass is 9.43. The Morgan fingerprint density at radius 3 is 2.09 bits per heavy atom. The maximum atomic E-state index is 13.5. The van der Waals surface area contributed by atoms with Crippen molar-refractivity contribution in [2.75, 3.05) is 14.2 Å². The van der Waals surface area contributed by atoms with Crippen LogP contribution in [0, 0.1) is 22.7 Å². The zero-order valence-electron chi connectivity index (χ0n) is 39.2. The number of ketones is 1. The highest BCUT2D eigenvalue weighted by molar-refractivity contribution is 5.87. The maximum absolute atomic E-state index is 13.5. The lowest BCUT2D eigenvalue weighted by Crippen LogP contribution is -2.75. The molecule has 15 heteroatoms. The summed E-state index contributed by atoms with van der Waals surface area (Å²) in [5.74, 6) is -1.68. The molecule has 0 amide bonds. The zero-order chi connectivity index (χ0) is 46.6. The highest BCUT2D eigenvalue weighted by Crippen LogP contribution is 2.70. The predicted octanol–water partition coefficient (Wildman–Crippen LogP) is 4.93. The van der Waals surface area contributed by atoms with Crippen LogP contribution < -0.4 is 0 Å². The number of ether oxygens (including phenoxy) is 9. The number of fused-ring (bicyclic) bond motifs is 5. The van der Waals surface area contributed by atoms with E-state index in [0.717, 1.165) is 11.1 Å². The Morgan fingerprint density at radius 1 is 0.785 bits per heavy atom. The fourth-order valence-corrected chi connectivity index (χ4v) is 13.2. The van der Waals surface area contributed by atoms with Crippen molar-refractivity contribution >= 4 is 17.8 Å². The van der Waals surface area contributed by atoms with E-state index < -0.39 is 120 Å². The summed E-state index contributed by atoms with van der Waals surface area (Å²) in [4.78, 5) is 26.7. The summed E-state index contributed by atoms with van der Waals surface area (Å²) in [6.07, 6.45) is 0.833. The monoisotopic (exact) mass is 912 g/mol. The van der Waals surface area contributed by atoms with E-state index in [1.165, 1.54) is 20.1 Å². The van der Waals surface area contributed by atoms with Crippen LogP contribution in [0.2, 0.25) is 0 Å². The third kappa shape index (κ3) is 8.84. The van der Waals surface area contributed by atoms with Gasteiger partial charge in [-0.05, 0) is 89.7 Å². The summed E-state index contributed by atoms with van der Waals surface area (Å²) in [5, 5.41) is 47.4. The Morgan fingerprint density at radius 2 is 1.42 bits per heavy atom. The number of carbonyl (C=O) groups excluding carboxylic acids is 2. The van der Waals surface area contributed by atoms with E-state index in [2.05, 4.69) is 13.0 Å². The Balaban J connectivity index is 0.906. The molecule has 1 aromatic rings. The van der Waals surface area contributed by atoms with Gasteiger partial charge >= 0.3 is 5.97 Å². The van der Waals surface area contributed by atoms with E-state index >= 15 is 0 Å². The second-order valence-corrected chi connectivity index (χ2v) is 20.4. The maximum Gasteiger partial charge on any atom is 0.331 e. The lowest BCUT2D eigenvalue weighted by Gasteiger charge is -2.66. The molecule has 3 saturated heterocycles. The number of aliphatic hydroxyl groups is 4. The van der Waals surface area contributed by atoms with Crippen LogP contribution in [-0.4, -0.2) is 144 Å². The van der Waals surface area contributed by atoms with Gasteiger partial charge in [-0.25, -0.2) is 4.79 Å². The summed E-state index contributed by atoms with van der Waals surface area (Å²) < 4.78 is 55.6. The Hall–Kier alpha value is -2.64. The average molecular weight is 913 g/mol. The molecule has 7 aliphatic rings. The van der Waals surface area contributed by atoms with Gasteiger partial charge in [0.25, 0.3) is 0 Å². The van der Waals surface area contributed by atoms with Crippen LogP contribution in [0.4, 0.5) is 0 Å².